The molecule has 1 aliphatic heterocycles. The topological polar surface area (TPSA) is 65.5 Å². The van der Waals surface area contributed by atoms with E-state index in [9.17, 15) is 9.59 Å². The normalized spacial score (nSPS) is 22.7. The van der Waals surface area contributed by atoms with Crippen LogP contribution in [0.4, 0.5) is 5.13 Å². The molecule has 2 amide bonds. The molecule has 3 rings (SSSR count). The predicted molar refractivity (Wildman–Crippen MR) is 94.9 cm³/mol. The molecule has 0 spiro atoms. The Morgan fingerprint density at radius 3 is 2.88 bits per heavy atom. The monoisotopic (exact) mass is 350 g/mol. The Hall–Kier alpha value is -1.47. The molecule has 2 aliphatic rings. The van der Waals surface area contributed by atoms with Gasteiger partial charge in [0.05, 0.1) is 6.54 Å². The van der Waals surface area contributed by atoms with Crippen molar-refractivity contribution in [3.05, 3.63) is 11.6 Å². The van der Waals surface area contributed by atoms with Crippen LogP contribution in [0.15, 0.2) is 11.6 Å². The minimum absolute atomic E-state index is 0.0597. The van der Waals surface area contributed by atoms with Gasteiger partial charge in [0.25, 0.3) is 0 Å². The molecular formula is C17H26N4O2S. The number of carbonyl (C=O) groups excluding carboxylic acids is 2. The van der Waals surface area contributed by atoms with Crippen molar-refractivity contribution in [3.63, 3.8) is 0 Å². The lowest BCUT2D eigenvalue weighted by atomic mass is 10.0. The summed E-state index contributed by atoms with van der Waals surface area (Å²) < 4.78 is 0. The molecule has 1 aromatic heterocycles. The summed E-state index contributed by atoms with van der Waals surface area (Å²) in [6, 6.07) is 0.188. The Balaban J connectivity index is 1.62. The number of hydrogen-bond donors (Lipinski definition) is 1. The molecule has 7 heteroatoms. The highest BCUT2D eigenvalue weighted by Gasteiger charge is 2.35. The molecule has 0 radical (unpaired) electrons. The molecule has 24 heavy (non-hydrogen) atoms. The highest BCUT2D eigenvalue weighted by molar-refractivity contribution is 7.13. The van der Waals surface area contributed by atoms with Crippen molar-refractivity contribution in [3.8, 4) is 0 Å². The van der Waals surface area contributed by atoms with Gasteiger partial charge in [0.1, 0.15) is 0 Å². The Kier molecular flexibility index (Phi) is 5.50. The fourth-order valence-corrected chi connectivity index (χ4v) is 3.76. The Morgan fingerprint density at radius 1 is 1.46 bits per heavy atom. The van der Waals surface area contributed by atoms with Gasteiger partial charge in [-0.3, -0.25) is 14.5 Å². The van der Waals surface area contributed by atoms with Gasteiger partial charge >= 0.3 is 0 Å². The van der Waals surface area contributed by atoms with Crippen molar-refractivity contribution in [1.29, 1.82) is 0 Å². The number of anilines is 1. The van der Waals surface area contributed by atoms with Crippen molar-refractivity contribution >= 4 is 28.3 Å². The third-order valence-electron chi connectivity index (χ3n) is 4.78. The van der Waals surface area contributed by atoms with Gasteiger partial charge in [0, 0.05) is 43.7 Å². The quantitative estimate of drug-likeness (QED) is 0.853. The zero-order valence-electron chi connectivity index (χ0n) is 14.4. The standard InChI is InChI=1S/C17H26N4O2S/c1-12(2)14-10-20(11-15(22)19-17-18-6-8-24-17)7-5-16(23)21(14)9-13-3-4-13/h6,8,12-14H,3-5,7,9-11H2,1-2H3,(H,18,19,22). The Morgan fingerprint density at radius 2 is 2.25 bits per heavy atom. The van der Waals surface area contributed by atoms with E-state index in [0.717, 1.165) is 13.1 Å². The van der Waals surface area contributed by atoms with E-state index in [2.05, 4.69) is 33.9 Å². The van der Waals surface area contributed by atoms with Gasteiger partial charge in [-0.25, -0.2) is 4.98 Å². The number of rotatable bonds is 6. The molecule has 1 saturated carbocycles. The molecule has 132 valence electrons. The van der Waals surface area contributed by atoms with Gasteiger partial charge in [0.2, 0.25) is 11.8 Å². The zero-order chi connectivity index (χ0) is 17.1. The number of hydrogen-bond acceptors (Lipinski definition) is 5. The minimum Gasteiger partial charge on any atom is -0.338 e. The molecule has 6 nitrogen and oxygen atoms in total. The second kappa shape index (κ2) is 7.61. The van der Waals surface area contributed by atoms with Crippen LogP contribution in [-0.2, 0) is 9.59 Å². The average Bonchev–Trinajstić information content (AvgIpc) is 3.24. The summed E-state index contributed by atoms with van der Waals surface area (Å²) >= 11 is 1.41. The third-order valence-corrected chi connectivity index (χ3v) is 5.46. The van der Waals surface area contributed by atoms with E-state index in [1.807, 2.05) is 5.38 Å². The molecule has 2 fully saturated rings. The van der Waals surface area contributed by atoms with Gasteiger partial charge in [0.15, 0.2) is 5.13 Å². The Labute approximate surface area is 147 Å². The third kappa shape index (κ3) is 4.54. The summed E-state index contributed by atoms with van der Waals surface area (Å²) in [5.41, 5.74) is 0. The lowest BCUT2D eigenvalue weighted by molar-refractivity contribution is -0.133. The van der Waals surface area contributed by atoms with Crippen molar-refractivity contribution in [2.75, 3.05) is 31.5 Å². The molecule has 2 heterocycles. The highest BCUT2D eigenvalue weighted by Crippen LogP contribution is 2.32. The van der Waals surface area contributed by atoms with E-state index in [1.54, 1.807) is 6.20 Å². The smallest absolute Gasteiger partial charge is 0.240 e. The van der Waals surface area contributed by atoms with E-state index in [1.165, 1.54) is 24.2 Å². The first-order valence-electron chi connectivity index (χ1n) is 8.74. The van der Waals surface area contributed by atoms with Gasteiger partial charge < -0.3 is 10.2 Å². The van der Waals surface area contributed by atoms with Crippen LogP contribution in [0.3, 0.4) is 0 Å². The van der Waals surface area contributed by atoms with E-state index in [4.69, 9.17) is 0 Å². The van der Waals surface area contributed by atoms with Crippen molar-refractivity contribution in [1.82, 2.24) is 14.8 Å². The number of nitrogens with zero attached hydrogens (tertiary/aromatic N) is 3. The number of carbonyl (C=O) groups is 2. The number of nitrogens with one attached hydrogen (secondary N) is 1. The fourth-order valence-electron chi connectivity index (χ4n) is 3.21. The van der Waals surface area contributed by atoms with Gasteiger partial charge in [-0.2, -0.15) is 0 Å². The average molecular weight is 350 g/mol. The van der Waals surface area contributed by atoms with Gasteiger partial charge in [-0.15, -0.1) is 11.3 Å². The largest absolute Gasteiger partial charge is 0.338 e. The van der Waals surface area contributed by atoms with Crippen molar-refractivity contribution < 1.29 is 9.59 Å². The molecule has 1 N–H and O–H groups in total. The lowest BCUT2D eigenvalue weighted by Gasteiger charge is -2.34. The number of aromatic nitrogens is 1. The summed E-state index contributed by atoms with van der Waals surface area (Å²) in [5, 5.41) is 5.29. The molecule has 1 aromatic rings. The SMILES string of the molecule is CC(C)C1CN(CC(=O)Nc2nccs2)CCC(=O)N1CC1CC1. The molecule has 1 unspecified atom stereocenters. The second-order valence-electron chi connectivity index (χ2n) is 7.17. The molecule has 0 bridgehead atoms. The van der Waals surface area contributed by atoms with Crippen LogP contribution in [0.2, 0.25) is 0 Å². The lowest BCUT2D eigenvalue weighted by Crippen LogP contribution is -2.48. The van der Waals surface area contributed by atoms with Crippen molar-refractivity contribution in [2.45, 2.75) is 39.2 Å². The van der Waals surface area contributed by atoms with Crippen LogP contribution >= 0.6 is 11.3 Å². The first kappa shape index (κ1) is 17.4. The van der Waals surface area contributed by atoms with Crippen LogP contribution < -0.4 is 5.32 Å². The van der Waals surface area contributed by atoms with E-state index < -0.39 is 0 Å². The summed E-state index contributed by atoms with van der Waals surface area (Å²) in [7, 11) is 0. The fraction of sp³-hybridized carbons (Fsp3) is 0.706. The van der Waals surface area contributed by atoms with Crippen molar-refractivity contribution in [2.24, 2.45) is 11.8 Å². The van der Waals surface area contributed by atoms with E-state index in [-0.39, 0.29) is 17.9 Å². The molecular weight excluding hydrogens is 324 g/mol. The maximum Gasteiger partial charge on any atom is 0.240 e. The zero-order valence-corrected chi connectivity index (χ0v) is 15.2. The highest BCUT2D eigenvalue weighted by atomic mass is 32.1. The Bertz CT molecular complexity index is 571. The van der Waals surface area contributed by atoms with E-state index >= 15 is 0 Å². The van der Waals surface area contributed by atoms with Crippen LogP contribution in [0, 0.1) is 11.8 Å². The van der Waals surface area contributed by atoms with Crippen LogP contribution in [-0.4, -0.2) is 58.8 Å². The number of amides is 2. The van der Waals surface area contributed by atoms with Crippen LogP contribution in [0.1, 0.15) is 33.1 Å². The second-order valence-corrected chi connectivity index (χ2v) is 8.07. The van der Waals surface area contributed by atoms with E-state index in [0.29, 0.717) is 36.5 Å². The first-order valence-corrected chi connectivity index (χ1v) is 9.62. The predicted octanol–water partition coefficient (Wildman–Crippen LogP) is 2.05. The molecule has 1 saturated heterocycles. The molecule has 0 aromatic carbocycles. The molecule has 1 atom stereocenters. The minimum atomic E-state index is -0.0597. The maximum atomic E-state index is 12.6. The van der Waals surface area contributed by atoms with Crippen LogP contribution in [0.5, 0.6) is 0 Å². The van der Waals surface area contributed by atoms with Crippen LogP contribution in [0.25, 0.3) is 0 Å². The van der Waals surface area contributed by atoms with Gasteiger partial charge in [-0.05, 0) is 24.7 Å². The first-order chi connectivity index (χ1) is 11.5. The van der Waals surface area contributed by atoms with Gasteiger partial charge in [-0.1, -0.05) is 13.8 Å². The summed E-state index contributed by atoms with van der Waals surface area (Å²) in [5.74, 6) is 1.25. The summed E-state index contributed by atoms with van der Waals surface area (Å²) in [6.45, 7) is 6.94. The molecule has 1 aliphatic carbocycles. The maximum absolute atomic E-state index is 12.6. The summed E-state index contributed by atoms with van der Waals surface area (Å²) in [6.07, 6.45) is 4.67. The summed E-state index contributed by atoms with van der Waals surface area (Å²) in [4.78, 5) is 33.1. The number of thiazole rings is 1.